The van der Waals surface area contributed by atoms with Gasteiger partial charge in [0.25, 0.3) is 0 Å². The van der Waals surface area contributed by atoms with Crippen molar-refractivity contribution in [2.24, 2.45) is 0 Å². The van der Waals surface area contributed by atoms with E-state index in [2.05, 4.69) is 109 Å². The van der Waals surface area contributed by atoms with Gasteiger partial charge in [0, 0.05) is 55.7 Å². The minimum Gasteiger partial charge on any atom is -0.456 e. The maximum Gasteiger partial charge on any atom is 0.416 e. The molecule has 2 aromatic heterocycles. The van der Waals surface area contributed by atoms with Crippen LogP contribution in [0.15, 0.2) is 191 Å². The summed E-state index contributed by atoms with van der Waals surface area (Å²) in [6.07, 6.45) is -4.47. The van der Waals surface area contributed by atoms with Crippen molar-refractivity contribution in [1.29, 1.82) is 0 Å². The maximum atomic E-state index is 13.8. The maximum absolute atomic E-state index is 13.8. The van der Waals surface area contributed by atoms with Crippen LogP contribution in [0.1, 0.15) is 11.1 Å². The molecular formula is C52H33F3N2O2. The van der Waals surface area contributed by atoms with E-state index in [1.165, 1.54) is 17.7 Å². The highest BCUT2D eigenvalue weighted by molar-refractivity contribution is 6.18. The number of benzene rings is 9. The summed E-state index contributed by atoms with van der Waals surface area (Å²) in [5.41, 5.74) is 8.61. The molecule has 7 heteroatoms. The number of halogens is 3. The monoisotopic (exact) mass is 774 g/mol. The van der Waals surface area contributed by atoms with Crippen molar-refractivity contribution in [3.8, 4) is 0 Å². The molecule has 0 amide bonds. The van der Waals surface area contributed by atoms with Gasteiger partial charge in [0.2, 0.25) is 0 Å². The molecule has 0 saturated heterocycles. The second-order valence-corrected chi connectivity index (χ2v) is 15.0. The Morgan fingerprint density at radius 2 is 0.780 bits per heavy atom. The predicted octanol–water partition coefficient (Wildman–Crippen LogP) is 16.1. The molecule has 59 heavy (non-hydrogen) atoms. The molecule has 0 aliphatic rings. The Balaban J connectivity index is 1.000. The van der Waals surface area contributed by atoms with Crippen molar-refractivity contribution >= 4 is 99.5 Å². The van der Waals surface area contributed by atoms with E-state index in [1.54, 1.807) is 6.07 Å². The minimum atomic E-state index is -4.47. The molecule has 0 atom stereocenters. The fraction of sp³-hybridized carbons (Fsp3) is 0.0385. The highest BCUT2D eigenvalue weighted by Crippen LogP contribution is 2.43. The van der Waals surface area contributed by atoms with Crippen molar-refractivity contribution in [3.63, 3.8) is 0 Å². The molecule has 9 aromatic carbocycles. The number of para-hydroxylation sites is 2. The first-order valence-electron chi connectivity index (χ1n) is 19.4. The molecule has 0 N–H and O–H groups in total. The van der Waals surface area contributed by atoms with Gasteiger partial charge in [0.1, 0.15) is 22.3 Å². The molecule has 284 valence electrons. The number of hydrogen-bond donors (Lipinski definition) is 0. The number of fused-ring (bicyclic) bond motifs is 8. The fourth-order valence-corrected chi connectivity index (χ4v) is 8.42. The molecule has 0 saturated carbocycles. The third kappa shape index (κ3) is 6.01. The van der Waals surface area contributed by atoms with Crippen LogP contribution in [-0.4, -0.2) is 0 Å². The molecule has 4 nitrogen and oxygen atoms in total. The van der Waals surface area contributed by atoms with Gasteiger partial charge in [-0.1, -0.05) is 66.7 Å². The lowest BCUT2D eigenvalue weighted by Crippen LogP contribution is -2.12. The Labute approximate surface area is 336 Å². The molecule has 0 fully saturated rings. The molecule has 0 aliphatic heterocycles. The minimum absolute atomic E-state index is 0.412. The summed E-state index contributed by atoms with van der Waals surface area (Å²) in [6.45, 7) is 2.11. The standard InChI is InChI=1S/C52H33F3N2O2/c1-32-10-8-16-40(22-32)56(38-12-4-2-5-13-38)42-20-18-33-25-44-46-30-51-47(31-50(46)58-48(44)27-35(33)23-42)45-26-34-19-21-43(24-36(34)28-49(45)59-51)57(39-14-6-3-7-15-39)41-17-9-11-37(29-41)52(53,54)55/h2-31H,1H3. The van der Waals surface area contributed by atoms with Crippen LogP contribution in [0.2, 0.25) is 0 Å². The van der Waals surface area contributed by atoms with Crippen LogP contribution in [0.4, 0.5) is 47.3 Å². The molecular weight excluding hydrogens is 742 g/mol. The number of furan rings is 2. The number of rotatable bonds is 6. The van der Waals surface area contributed by atoms with Gasteiger partial charge in [0.15, 0.2) is 0 Å². The van der Waals surface area contributed by atoms with Crippen LogP contribution in [0.5, 0.6) is 0 Å². The van der Waals surface area contributed by atoms with Gasteiger partial charge >= 0.3 is 6.18 Å². The second kappa shape index (κ2) is 13.3. The van der Waals surface area contributed by atoms with Gasteiger partial charge in [0.05, 0.1) is 5.56 Å². The summed E-state index contributed by atoms with van der Waals surface area (Å²) < 4.78 is 54.5. The Morgan fingerprint density at radius 1 is 0.356 bits per heavy atom. The molecule has 2 heterocycles. The smallest absolute Gasteiger partial charge is 0.416 e. The molecule has 0 aliphatic carbocycles. The Bertz CT molecular complexity index is 3410. The SMILES string of the molecule is Cc1cccc(N(c2ccccc2)c2ccc3cc4c(cc3c2)oc2cc3c(cc24)oc2cc4cc(N(c5ccccc5)c5cccc(C(F)(F)F)c5)ccc4cc23)c1. The van der Waals surface area contributed by atoms with E-state index in [-0.39, 0.29) is 0 Å². The largest absolute Gasteiger partial charge is 0.456 e. The molecule has 11 aromatic rings. The van der Waals surface area contributed by atoms with Crippen molar-refractivity contribution < 1.29 is 22.0 Å². The zero-order valence-electron chi connectivity index (χ0n) is 31.7. The summed E-state index contributed by atoms with van der Waals surface area (Å²) in [6, 6.07) is 58.8. The van der Waals surface area contributed by atoms with Crippen LogP contribution in [0.3, 0.4) is 0 Å². The van der Waals surface area contributed by atoms with Crippen molar-refractivity contribution in [2.75, 3.05) is 9.80 Å². The summed E-state index contributed by atoms with van der Waals surface area (Å²) in [7, 11) is 0. The number of alkyl halides is 3. The van der Waals surface area contributed by atoms with E-state index >= 15 is 0 Å². The van der Waals surface area contributed by atoms with Crippen LogP contribution < -0.4 is 9.80 Å². The molecule has 0 unspecified atom stereocenters. The summed E-state index contributed by atoms with van der Waals surface area (Å²) in [5, 5.41) is 7.91. The van der Waals surface area contributed by atoms with Crippen LogP contribution in [-0.2, 0) is 6.18 Å². The topological polar surface area (TPSA) is 32.8 Å². The number of aryl methyl sites for hydroxylation is 1. The summed E-state index contributed by atoms with van der Waals surface area (Å²) >= 11 is 0. The summed E-state index contributed by atoms with van der Waals surface area (Å²) in [5.74, 6) is 0. The highest BCUT2D eigenvalue weighted by atomic mass is 19.4. The molecule has 0 radical (unpaired) electrons. The van der Waals surface area contributed by atoms with Gasteiger partial charge in [-0.2, -0.15) is 13.2 Å². The predicted molar refractivity (Wildman–Crippen MR) is 235 cm³/mol. The van der Waals surface area contributed by atoms with Gasteiger partial charge in [-0.05, 0) is 149 Å². The van der Waals surface area contributed by atoms with Gasteiger partial charge in [-0.25, -0.2) is 0 Å². The first kappa shape index (κ1) is 34.7. The van der Waals surface area contributed by atoms with Gasteiger partial charge in [-0.3, -0.25) is 0 Å². The normalized spacial score (nSPS) is 12.1. The van der Waals surface area contributed by atoms with Gasteiger partial charge in [-0.15, -0.1) is 0 Å². The Hall–Kier alpha value is -7.51. The van der Waals surface area contributed by atoms with E-state index in [4.69, 9.17) is 8.83 Å². The van der Waals surface area contributed by atoms with E-state index in [1.807, 2.05) is 65.6 Å². The quantitative estimate of drug-likeness (QED) is 0.168. The zero-order valence-corrected chi connectivity index (χ0v) is 31.7. The fourth-order valence-electron chi connectivity index (χ4n) is 8.42. The third-order valence-electron chi connectivity index (χ3n) is 11.2. The summed E-state index contributed by atoms with van der Waals surface area (Å²) in [4.78, 5) is 4.11. The Morgan fingerprint density at radius 3 is 1.27 bits per heavy atom. The Kier molecular flexibility index (Phi) is 7.82. The van der Waals surface area contributed by atoms with Crippen LogP contribution >= 0.6 is 0 Å². The van der Waals surface area contributed by atoms with Crippen molar-refractivity contribution in [1.82, 2.24) is 0 Å². The zero-order chi connectivity index (χ0) is 39.8. The van der Waals surface area contributed by atoms with Crippen LogP contribution in [0.25, 0.3) is 65.4 Å². The molecule has 11 rings (SSSR count). The lowest BCUT2D eigenvalue weighted by atomic mass is 10.0. The molecule has 0 bridgehead atoms. The average Bonchev–Trinajstić information content (AvgIpc) is 3.77. The highest BCUT2D eigenvalue weighted by Gasteiger charge is 2.31. The van der Waals surface area contributed by atoms with E-state index in [0.29, 0.717) is 11.3 Å². The van der Waals surface area contributed by atoms with Crippen LogP contribution in [0, 0.1) is 6.92 Å². The van der Waals surface area contributed by atoms with E-state index < -0.39 is 11.7 Å². The lowest BCUT2D eigenvalue weighted by molar-refractivity contribution is -0.137. The first-order valence-corrected chi connectivity index (χ1v) is 19.4. The van der Waals surface area contributed by atoms with E-state index in [0.717, 1.165) is 94.3 Å². The number of nitrogens with zero attached hydrogens (tertiary/aromatic N) is 2. The van der Waals surface area contributed by atoms with Crippen molar-refractivity contribution in [3.05, 3.63) is 193 Å². The first-order chi connectivity index (χ1) is 28.7. The average molecular weight is 775 g/mol. The number of hydrogen-bond acceptors (Lipinski definition) is 4. The lowest BCUT2D eigenvalue weighted by Gasteiger charge is -2.26. The molecule has 0 spiro atoms. The number of anilines is 6. The second-order valence-electron chi connectivity index (χ2n) is 15.0. The van der Waals surface area contributed by atoms with Crippen molar-refractivity contribution in [2.45, 2.75) is 13.1 Å². The van der Waals surface area contributed by atoms with Gasteiger partial charge < -0.3 is 18.6 Å². The van der Waals surface area contributed by atoms with E-state index in [9.17, 15) is 13.2 Å². The third-order valence-corrected chi connectivity index (χ3v) is 11.2.